The number of ether oxygens (including phenoxy) is 2. The fourth-order valence-corrected chi connectivity index (χ4v) is 8.29. The van der Waals surface area contributed by atoms with Crippen molar-refractivity contribution in [3.05, 3.63) is 0 Å². The van der Waals surface area contributed by atoms with E-state index in [4.69, 9.17) is 24.3 Å². The number of phosphoric acid groups is 1. The molecule has 0 bridgehead atoms. The number of phosphoric ester groups is 1. The number of unbranched alkanes of at least 4 members (excludes halogenated alkanes) is 35. The van der Waals surface area contributed by atoms with Gasteiger partial charge in [-0.3, -0.25) is 18.6 Å². The summed E-state index contributed by atoms with van der Waals surface area (Å²) < 4.78 is 32.8. The third-order valence-electron chi connectivity index (χ3n) is 11.2. The number of carbonyl (C=O) groups is 2. The zero-order valence-electron chi connectivity index (χ0n) is 38.3. The van der Waals surface area contributed by atoms with Gasteiger partial charge in [0.25, 0.3) is 0 Å². The number of hydrogen-bond donors (Lipinski definition) is 2. The fraction of sp³-hybridized carbons (Fsp3) is 0.958. The number of rotatable bonds is 48. The van der Waals surface area contributed by atoms with Gasteiger partial charge in [0.05, 0.1) is 13.2 Å². The van der Waals surface area contributed by atoms with Crippen LogP contribution in [-0.2, 0) is 32.7 Å². The van der Waals surface area contributed by atoms with E-state index in [1.807, 2.05) is 0 Å². The van der Waals surface area contributed by atoms with E-state index >= 15 is 0 Å². The second kappa shape index (κ2) is 45.5. The molecular formula is C48H96NO8P. The standard InChI is InChI=1S/C48H96NO8P/c1-3-5-7-9-11-13-15-16-17-18-19-20-21-22-23-24-25-26-27-28-29-31-33-35-37-39-41-48(51)57-46(45-56-58(52,53)55-43-42-49)44-54-47(50)40-38-36-34-32-30-14-12-10-8-6-4-2/h46H,3-45,49H2,1-2H3,(H,52,53). The molecule has 0 amide bonds. The molecule has 2 unspecified atom stereocenters. The van der Waals surface area contributed by atoms with Crippen LogP contribution in [0.5, 0.6) is 0 Å². The van der Waals surface area contributed by atoms with E-state index in [0.717, 1.165) is 32.1 Å². The number of hydrogen-bond acceptors (Lipinski definition) is 8. The lowest BCUT2D eigenvalue weighted by Gasteiger charge is -2.19. The number of carbonyl (C=O) groups excluding carboxylic acids is 2. The van der Waals surface area contributed by atoms with Gasteiger partial charge < -0.3 is 20.1 Å². The van der Waals surface area contributed by atoms with Crippen LogP contribution in [0.1, 0.15) is 264 Å². The maximum absolute atomic E-state index is 12.6. The van der Waals surface area contributed by atoms with E-state index in [1.165, 1.54) is 199 Å². The predicted molar refractivity (Wildman–Crippen MR) is 243 cm³/mol. The SMILES string of the molecule is CCCCCCCCCCCCCCCCCCCCCCCCCCCCC(=O)OC(COC(=O)CCCCCCCCCCCCC)COP(=O)(O)OCCN. The summed E-state index contributed by atoms with van der Waals surface area (Å²) in [5.41, 5.74) is 5.36. The summed E-state index contributed by atoms with van der Waals surface area (Å²) in [4.78, 5) is 34.9. The van der Waals surface area contributed by atoms with Crippen LogP contribution in [0.2, 0.25) is 0 Å². The third kappa shape index (κ3) is 44.6. The average Bonchev–Trinajstić information content (AvgIpc) is 3.21. The minimum absolute atomic E-state index is 0.0582. The highest BCUT2D eigenvalue weighted by Crippen LogP contribution is 2.43. The maximum Gasteiger partial charge on any atom is 0.472 e. The quantitative estimate of drug-likeness (QED) is 0.0349. The fourth-order valence-electron chi connectivity index (χ4n) is 7.52. The Labute approximate surface area is 358 Å². The smallest absolute Gasteiger partial charge is 0.462 e. The number of esters is 2. The van der Waals surface area contributed by atoms with Crippen LogP contribution in [0.3, 0.4) is 0 Å². The van der Waals surface area contributed by atoms with Crippen molar-refractivity contribution in [1.29, 1.82) is 0 Å². The van der Waals surface area contributed by atoms with Gasteiger partial charge in [-0.15, -0.1) is 0 Å². The van der Waals surface area contributed by atoms with Crippen LogP contribution in [0.15, 0.2) is 0 Å². The first-order valence-electron chi connectivity index (χ1n) is 25.0. The van der Waals surface area contributed by atoms with Gasteiger partial charge in [0.2, 0.25) is 0 Å². The Morgan fingerprint density at radius 1 is 0.448 bits per heavy atom. The molecule has 0 aliphatic carbocycles. The van der Waals surface area contributed by atoms with Gasteiger partial charge in [-0.25, -0.2) is 4.57 Å². The zero-order valence-corrected chi connectivity index (χ0v) is 39.2. The Hall–Kier alpha value is -0.990. The lowest BCUT2D eigenvalue weighted by Crippen LogP contribution is -2.29. The molecule has 10 heteroatoms. The molecule has 58 heavy (non-hydrogen) atoms. The molecule has 0 aromatic heterocycles. The average molecular weight is 846 g/mol. The third-order valence-corrected chi connectivity index (χ3v) is 12.2. The Morgan fingerprint density at radius 2 is 0.741 bits per heavy atom. The summed E-state index contributed by atoms with van der Waals surface area (Å²) >= 11 is 0. The molecule has 0 saturated heterocycles. The largest absolute Gasteiger partial charge is 0.472 e. The molecule has 9 nitrogen and oxygen atoms in total. The van der Waals surface area contributed by atoms with Crippen LogP contribution in [-0.4, -0.2) is 49.3 Å². The van der Waals surface area contributed by atoms with Crippen molar-refractivity contribution in [2.24, 2.45) is 5.73 Å². The van der Waals surface area contributed by atoms with Crippen molar-refractivity contribution in [1.82, 2.24) is 0 Å². The first-order chi connectivity index (χ1) is 28.3. The van der Waals surface area contributed by atoms with Crippen LogP contribution in [0.25, 0.3) is 0 Å². The Morgan fingerprint density at radius 3 is 1.05 bits per heavy atom. The topological polar surface area (TPSA) is 134 Å². The molecule has 0 fully saturated rings. The normalized spacial score (nSPS) is 13.1. The highest BCUT2D eigenvalue weighted by atomic mass is 31.2. The Balaban J connectivity index is 3.89. The lowest BCUT2D eigenvalue weighted by atomic mass is 10.0. The van der Waals surface area contributed by atoms with E-state index in [2.05, 4.69) is 13.8 Å². The minimum atomic E-state index is -4.37. The lowest BCUT2D eigenvalue weighted by molar-refractivity contribution is -0.161. The van der Waals surface area contributed by atoms with Crippen LogP contribution >= 0.6 is 7.82 Å². The van der Waals surface area contributed by atoms with Crippen molar-refractivity contribution >= 4 is 19.8 Å². The van der Waals surface area contributed by atoms with E-state index in [-0.39, 0.29) is 38.6 Å². The summed E-state index contributed by atoms with van der Waals surface area (Å²) in [6.45, 7) is 3.78. The zero-order chi connectivity index (χ0) is 42.5. The first-order valence-corrected chi connectivity index (χ1v) is 26.5. The van der Waals surface area contributed by atoms with Gasteiger partial charge in [0.1, 0.15) is 6.61 Å². The highest BCUT2D eigenvalue weighted by Gasteiger charge is 2.26. The molecule has 0 spiro atoms. The molecule has 0 aliphatic rings. The van der Waals surface area contributed by atoms with Crippen LogP contribution in [0.4, 0.5) is 0 Å². The second-order valence-electron chi connectivity index (χ2n) is 17.1. The van der Waals surface area contributed by atoms with Gasteiger partial charge in [-0.2, -0.15) is 0 Å². The van der Waals surface area contributed by atoms with E-state index in [9.17, 15) is 19.0 Å². The summed E-state index contributed by atoms with van der Waals surface area (Å²) in [5, 5.41) is 0. The first kappa shape index (κ1) is 57.0. The van der Waals surface area contributed by atoms with Crippen molar-refractivity contribution in [3.8, 4) is 0 Å². The van der Waals surface area contributed by atoms with Crippen LogP contribution in [0, 0.1) is 0 Å². The summed E-state index contributed by atoms with van der Waals surface area (Å²) in [6, 6.07) is 0. The van der Waals surface area contributed by atoms with E-state index in [0.29, 0.717) is 6.42 Å². The van der Waals surface area contributed by atoms with Gasteiger partial charge in [-0.1, -0.05) is 239 Å². The molecule has 0 saturated carbocycles. The molecule has 3 N–H and O–H groups in total. The molecule has 0 aromatic carbocycles. The summed E-state index contributed by atoms with van der Waals surface area (Å²) in [6.07, 6.45) is 47.3. The maximum atomic E-state index is 12.6. The van der Waals surface area contributed by atoms with E-state index in [1.54, 1.807) is 0 Å². The molecular weight excluding hydrogens is 750 g/mol. The molecule has 0 radical (unpaired) electrons. The van der Waals surface area contributed by atoms with Crippen molar-refractivity contribution < 1.29 is 37.6 Å². The Kier molecular flexibility index (Phi) is 44.8. The second-order valence-corrected chi connectivity index (χ2v) is 18.5. The minimum Gasteiger partial charge on any atom is -0.462 e. The van der Waals surface area contributed by atoms with Gasteiger partial charge >= 0.3 is 19.8 Å². The summed E-state index contributed by atoms with van der Waals surface area (Å²) in [7, 11) is -4.37. The monoisotopic (exact) mass is 846 g/mol. The highest BCUT2D eigenvalue weighted by molar-refractivity contribution is 7.47. The van der Waals surface area contributed by atoms with Gasteiger partial charge in [-0.05, 0) is 12.8 Å². The number of nitrogens with two attached hydrogens (primary N) is 1. The summed E-state index contributed by atoms with van der Waals surface area (Å²) in [5.74, 6) is -0.811. The Bertz CT molecular complexity index is 922. The van der Waals surface area contributed by atoms with Gasteiger partial charge in [0.15, 0.2) is 6.10 Å². The van der Waals surface area contributed by atoms with Crippen LogP contribution < -0.4 is 5.73 Å². The molecule has 0 aromatic rings. The predicted octanol–water partition coefficient (Wildman–Crippen LogP) is 14.8. The van der Waals surface area contributed by atoms with Gasteiger partial charge in [0, 0.05) is 19.4 Å². The van der Waals surface area contributed by atoms with Crippen molar-refractivity contribution in [2.45, 2.75) is 270 Å². The van der Waals surface area contributed by atoms with Crippen molar-refractivity contribution in [2.75, 3.05) is 26.4 Å². The molecule has 346 valence electrons. The molecule has 0 heterocycles. The molecule has 0 aliphatic heterocycles. The van der Waals surface area contributed by atoms with Crippen molar-refractivity contribution in [3.63, 3.8) is 0 Å². The van der Waals surface area contributed by atoms with E-state index < -0.39 is 26.5 Å². The molecule has 2 atom stereocenters. The molecule has 0 rings (SSSR count).